The Balaban J connectivity index is 2.42. The fraction of sp³-hybridized carbons (Fsp3) is 0.182. The third-order valence-corrected chi connectivity index (χ3v) is 2.27. The summed E-state index contributed by atoms with van der Waals surface area (Å²) in [5, 5.41) is 0.547. The van der Waals surface area contributed by atoms with Crippen LogP contribution in [-0.4, -0.2) is 15.9 Å². The fourth-order valence-electron chi connectivity index (χ4n) is 1.49. The lowest BCUT2D eigenvalue weighted by atomic mass is 10.2. The number of carbonyl (C=O) groups is 1. The number of fused-ring (bicyclic) bond motifs is 1. The van der Waals surface area contributed by atoms with E-state index in [9.17, 15) is 9.59 Å². The Bertz CT molecular complexity index is 589. The Labute approximate surface area is 91.3 Å². The standard InChI is InChI=1S/C11H11N3O2/c12-9(15)5-6-10-13-8-4-2-1-3-7(8)11(16)14-10/h1-4H,5-6H2,(H2,12,15)(H,13,14,16). The number of H-pyrrole nitrogens is 1. The van der Waals surface area contributed by atoms with E-state index in [4.69, 9.17) is 5.73 Å². The van der Waals surface area contributed by atoms with Crippen molar-refractivity contribution in [1.29, 1.82) is 0 Å². The van der Waals surface area contributed by atoms with Crippen LogP contribution < -0.4 is 11.3 Å². The number of nitrogens with two attached hydrogens (primary N) is 1. The molecule has 0 unspecified atom stereocenters. The maximum Gasteiger partial charge on any atom is 0.258 e. The van der Waals surface area contributed by atoms with Crippen molar-refractivity contribution in [2.75, 3.05) is 0 Å². The van der Waals surface area contributed by atoms with Crippen LogP contribution in [0.15, 0.2) is 29.1 Å². The highest BCUT2D eigenvalue weighted by molar-refractivity contribution is 5.77. The summed E-state index contributed by atoms with van der Waals surface area (Å²) in [4.78, 5) is 29.1. The van der Waals surface area contributed by atoms with Crippen LogP contribution in [0, 0.1) is 0 Å². The summed E-state index contributed by atoms with van der Waals surface area (Å²) in [7, 11) is 0. The number of aromatic nitrogens is 2. The molecule has 0 aliphatic rings. The lowest BCUT2D eigenvalue weighted by Crippen LogP contribution is -2.16. The Morgan fingerprint density at radius 1 is 1.38 bits per heavy atom. The molecule has 3 N–H and O–H groups in total. The summed E-state index contributed by atoms with van der Waals surface area (Å²) in [6.07, 6.45) is 0.538. The molecule has 0 aliphatic carbocycles. The molecule has 5 heteroatoms. The quantitative estimate of drug-likeness (QED) is 0.777. The number of primary amides is 1. The van der Waals surface area contributed by atoms with Crippen molar-refractivity contribution in [2.24, 2.45) is 5.73 Å². The minimum Gasteiger partial charge on any atom is -0.370 e. The number of amides is 1. The van der Waals surface area contributed by atoms with Crippen LogP contribution in [0.2, 0.25) is 0 Å². The van der Waals surface area contributed by atoms with E-state index in [1.807, 2.05) is 6.07 Å². The number of nitrogens with one attached hydrogen (secondary N) is 1. The van der Waals surface area contributed by atoms with Crippen LogP contribution in [0.1, 0.15) is 12.2 Å². The Hall–Kier alpha value is -2.17. The van der Waals surface area contributed by atoms with E-state index in [2.05, 4.69) is 9.97 Å². The summed E-state index contributed by atoms with van der Waals surface area (Å²) in [5.74, 6) is 0.0818. The van der Waals surface area contributed by atoms with Crippen molar-refractivity contribution in [2.45, 2.75) is 12.8 Å². The minimum atomic E-state index is -0.407. The minimum absolute atomic E-state index is 0.182. The van der Waals surface area contributed by atoms with Crippen molar-refractivity contribution in [3.05, 3.63) is 40.4 Å². The number of hydrogen-bond donors (Lipinski definition) is 2. The van der Waals surface area contributed by atoms with Gasteiger partial charge in [0.2, 0.25) is 5.91 Å². The monoisotopic (exact) mass is 217 g/mol. The van der Waals surface area contributed by atoms with Crippen molar-refractivity contribution in [3.8, 4) is 0 Å². The highest BCUT2D eigenvalue weighted by Gasteiger charge is 2.04. The molecule has 0 bridgehead atoms. The topological polar surface area (TPSA) is 88.8 Å². The number of carbonyl (C=O) groups excluding carboxylic acids is 1. The summed E-state index contributed by atoms with van der Waals surface area (Å²) in [5.41, 5.74) is 5.47. The van der Waals surface area contributed by atoms with Crippen LogP contribution in [0.4, 0.5) is 0 Å². The Kier molecular flexibility index (Phi) is 2.68. The second-order valence-electron chi connectivity index (χ2n) is 3.50. The van der Waals surface area contributed by atoms with Crippen molar-refractivity contribution in [1.82, 2.24) is 9.97 Å². The highest BCUT2D eigenvalue weighted by Crippen LogP contribution is 2.06. The number of aryl methyl sites for hydroxylation is 1. The molecule has 0 atom stereocenters. The molecule has 16 heavy (non-hydrogen) atoms. The zero-order valence-electron chi connectivity index (χ0n) is 8.56. The summed E-state index contributed by atoms with van der Waals surface area (Å²) < 4.78 is 0. The molecule has 1 heterocycles. The molecule has 0 saturated carbocycles. The molecular weight excluding hydrogens is 206 g/mol. The van der Waals surface area contributed by atoms with E-state index >= 15 is 0 Å². The molecule has 0 saturated heterocycles. The number of benzene rings is 1. The van der Waals surface area contributed by atoms with Gasteiger partial charge in [-0.15, -0.1) is 0 Å². The van der Waals surface area contributed by atoms with Gasteiger partial charge < -0.3 is 10.7 Å². The van der Waals surface area contributed by atoms with Crippen molar-refractivity contribution < 1.29 is 4.79 Å². The van der Waals surface area contributed by atoms with Gasteiger partial charge in [0.15, 0.2) is 0 Å². The molecule has 5 nitrogen and oxygen atoms in total. The summed E-state index contributed by atoms with van der Waals surface area (Å²) in [6, 6.07) is 7.06. The third-order valence-electron chi connectivity index (χ3n) is 2.27. The number of para-hydroxylation sites is 1. The molecule has 0 radical (unpaired) electrons. The van der Waals surface area contributed by atoms with Gasteiger partial charge in [-0.1, -0.05) is 12.1 Å². The molecule has 0 aliphatic heterocycles. The normalized spacial score (nSPS) is 10.5. The van der Waals surface area contributed by atoms with Crippen LogP contribution >= 0.6 is 0 Å². The van der Waals surface area contributed by atoms with E-state index in [-0.39, 0.29) is 12.0 Å². The molecule has 1 aromatic heterocycles. The second-order valence-corrected chi connectivity index (χ2v) is 3.50. The Morgan fingerprint density at radius 3 is 2.88 bits per heavy atom. The van der Waals surface area contributed by atoms with E-state index in [0.29, 0.717) is 23.1 Å². The summed E-state index contributed by atoms with van der Waals surface area (Å²) in [6.45, 7) is 0. The number of nitrogens with zero attached hydrogens (tertiary/aromatic N) is 1. The molecule has 0 fully saturated rings. The van der Waals surface area contributed by atoms with Crippen LogP contribution in [-0.2, 0) is 11.2 Å². The molecular formula is C11H11N3O2. The zero-order valence-corrected chi connectivity index (χ0v) is 8.56. The van der Waals surface area contributed by atoms with Crippen molar-refractivity contribution >= 4 is 16.8 Å². The van der Waals surface area contributed by atoms with Gasteiger partial charge in [-0.3, -0.25) is 9.59 Å². The maximum atomic E-state index is 11.6. The largest absolute Gasteiger partial charge is 0.370 e. The molecule has 82 valence electrons. The van der Waals surface area contributed by atoms with Crippen LogP contribution in [0.3, 0.4) is 0 Å². The molecule has 1 amide bonds. The highest BCUT2D eigenvalue weighted by atomic mass is 16.1. The first-order chi connectivity index (χ1) is 7.66. The zero-order chi connectivity index (χ0) is 11.5. The van der Waals surface area contributed by atoms with E-state index < -0.39 is 5.91 Å². The van der Waals surface area contributed by atoms with Crippen LogP contribution in [0.5, 0.6) is 0 Å². The van der Waals surface area contributed by atoms with E-state index in [1.54, 1.807) is 18.2 Å². The number of aromatic amines is 1. The van der Waals surface area contributed by atoms with Gasteiger partial charge in [-0.05, 0) is 12.1 Å². The first-order valence-corrected chi connectivity index (χ1v) is 4.93. The molecule has 0 spiro atoms. The molecule has 2 aromatic rings. The Morgan fingerprint density at radius 2 is 2.12 bits per heavy atom. The predicted molar refractivity (Wildman–Crippen MR) is 59.9 cm³/mol. The first kappa shape index (κ1) is 10.4. The predicted octanol–water partition coefficient (Wildman–Crippen LogP) is 0.341. The fourth-order valence-corrected chi connectivity index (χ4v) is 1.49. The SMILES string of the molecule is NC(=O)CCc1nc2ccccc2c(=O)[nH]1. The van der Waals surface area contributed by atoms with Gasteiger partial charge in [0.25, 0.3) is 5.56 Å². The molecule has 1 aromatic carbocycles. The lowest BCUT2D eigenvalue weighted by molar-refractivity contribution is -0.118. The molecule has 2 rings (SSSR count). The summed E-state index contributed by atoms with van der Waals surface area (Å²) >= 11 is 0. The second kappa shape index (κ2) is 4.14. The van der Waals surface area contributed by atoms with Gasteiger partial charge in [0, 0.05) is 12.8 Å². The maximum absolute atomic E-state index is 11.6. The average Bonchev–Trinajstić information content (AvgIpc) is 2.26. The average molecular weight is 217 g/mol. The van der Waals surface area contributed by atoms with E-state index in [0.717, 1.165) is 0 Å². The van der Waals surface area contributed by atoms with Gasteiger partial charge in [-0.2, -0.15) is 0 Å². The lowest BCUT2D eigenvalue weighted by Gasteiger charge is -2.01. The van der Waals surface area contributed by atoms with Crippen LogP contribution in [0.25, 0.3) is 10.9 Å². The number of rotatable bonds is 3. The smallest absolute Gasteiger partial charge is 0.258 e. The van der Waals surface area contributed by atoms with Crippen molar-refractivity contribution in [3.63, 3.8) is 0 Å². The first-order valence-electron chi connectivity index (χ1n) is 4.93. The van der Waals surface area contributed by atoms with Gasteiger partial charge in [0.05, 0.1) is 10.9 Å². The number of hydrogen-bond acceptors (Lipinski definition) is 3. The van der Waals surface area contributed by atoms with E-state index in [1.165, 1.54) is 0 Å². The third kappa shape index (κ3) is 2.08. The van der Waals surface area contributed by atoms with Gasteiger partial charge in [-0.25, -0.2) is 4.98 Å². The van der Waals surface area contributed by atoms with Gasteiger partial charge >= 0.3 is 0 Å². The van der Waals surface area contributed by atoms with Gasteiger partial charge in [0.1, 0.15) is 5.82 Å².